The highest BCUT2D eigenvalue weighted by Gasteiger charge is 2.24. The van der Waals surface area contributed by atoms with Gasteiger partial charge in [-0.15, -0.1) is 0 Å². The average molecular weight is 670 g/mol. The van der Waals surface area contributed by atoms with E-state index in [9.17, 15) is 9.59 Å². The fourth-order valence-corrected chi connectivity index (χ4v) is 6.16. The lowest BCUT2D eigenvalue weighted by Crippen LogP contribution is -2.48. The van der Waals surface area contributed by atoms with E-state index >= 15 is 0 Å². The molecular weight excluding hydrogens is 638 g/mol. The Labute approximate surface area is 280 Å². The maximum atomic E-state index is 13.0. The van der Waals surface area contributed by atoms with Crippen molar-refractivity contribution in [2.24, 2.45) is 0 Å². The second kappa shape index (κ2) is 13.6. The van der Waals surface area contributed by atoms with Crippen molar-refractivity contribution in [3.63, 3.8) is 0 Å². The number of para-hydroxylation sites is 1. The minimum Gasteiger partial charge on any atom is -0.493 e. The molecule has 0 saturated carbocycles. The molecular formula is C33H32ClN9O3S. The number of amides is 2. The zero-order valence-electron chi connectivity index (χ0n) is 26.0. The molecule has 0 aliphatic carbocycles. The molecule has 2 amide bonds. The van der Waals surface area contributed by atoms with Crippen molar-refractivity contribution in [3.05, 3.63) is 94.9 Å². The molecule has 1 aliphatic heterocycles. The van der Waals surface area contributed by atoms with Gasteiger partial charge in [0, 0.05) is 44.1 Å². The summed E-state index contributed by atoms with van der Waals surface area (Å²) >= 11 is 7.48. The van der Waals surface area contributed by atoms with Crippen LogP contribution >= 0.6 is 22.9 Å². The zero-order chi connectivity index (χ0) is 33.1. The van der Waals surface area contributed by atoms with Gasteiger partial charge in [0.15, 0.2) is 22.5 Å². The number of anilines is 4. The Bertz CT molecular complexity index is 1950. The fraction of sp³-hybridized carbons (Fsp3) is 0.212. The SMILES string of the molecule is C=CC(=O)N1CCN(c2ncc(-c3ccc(OC)c(Nc4ncc(C(=O)Nc5c(C)cccc5Cl)s4)n3)cc2-n2cc(C)cn2)CC1. The Kier molecular flexibility index (Phi) is 9.18. The van der Waals surface area contributed by atoms with Crippen LogP contribution in [0.1, 0.15) is 20.8 Å². The third kappa shape index (κ3) is 6.81. The number of rotatable bonds is 9. The van der Waals surface area contributed by atoms with Crippen LogP contribution in [-0.4, -0.2) is 74.7 Å². The molecule has 0 spiro atoms. The van der Waals surface area contributed by atoms with Crippen LogP contribution in [0.25, 0.3) is 16.9 Å². The molecule has 5 heterocycles. The normalized spacial score (nSPS) is 12.9. The highest BCUT2D eigenvalue weighted by molar-refractivity contribution is 7.17. The number of nitrogens with zero attached hydrogens (tertiary/aromatic N) is 7. The molecule has 6 rings (SSSR count). The lowest BCUT2D eigenvalue weighted by Gasteiger charge is -2.35. The van der Waals surface area contributed by atoms with Crippen LogP contribution in [0.3, 0.4) is 0 Å². The monoisotopic (exact) mass is 669 g/mol. The zero-order valence-corrected chi connectivity index (χ0v) is 27.6. The minimum absolute atomic E-state index is 0.0738. The van der Waals surface area contributed by atoms with Gasteiger partial charge in [0.05, 0.1) is 35.9 Å². The van der Waals surface area contributed by atoms with Gasteiger partial charge < -0.3 is 25.2 Å². The number of aromatic nitrogens is 5. The number of halogens is 1. The molecule has 0 radical (unpaired) electrons. The highest BCUT2D eigenvalue weighted by atomic mass is 35.5. The lowest BCUT2D eigenvalue weighted by atomic mass is 10.1. The van der Waals surface area contributed by atoms with E-state index in [1.807, 2.05) is 50.4 Å². The molecule has 1 fully saturated rings. The Balaban J connectivity index is 1.26. The quantitative estimate of drug-likeness (QED) is 0.184. The summed E-state index contributed by atoms with van der Waals surface area (Å²) in [6.07, 6.45) is 8.36. The Morgan fingerprint density at radius 2 is 1.87 bits per heavy atom. The molecule has 0 atom stereocenters. The number of nitrogens with one attached hydrogen (secondary N) is 2. The van der Waals surface area contributed by atoms with Gasteiger partial charge in [-0.2, -0.15) is 5.10 Å². The minimum atomic E-state index is -0.318. The van der Waals surface area contributed by atoms with Gasteiger partial charge in [-0.05, 0) is 55.3 Å². The third-order valence-corrected chi connectivity index (χ3v) is 8.89. The Hall–Kier alpha value is -5.27. The van der Waals surface area contributed by atoms with Gasteiger partial charge in [0.1, 0.15) is 10.6 Å². The van der Waals surface area contributed by atoms with Crippen molar-refractivity contribution >= 4 is 57.2 Å². The van der Waals surface area contributed by atoms with Crippen molar-refractivity contribution < 1.29 is 14.3 Å². The molecule has 1 aromatic carbocycles. The summed E-state index contributed by atoms with van der Waals surface area (Å²) < 4.78 is 7.39. The summed E-state index contributed by atoms with van der Waals surface area (Å²) in [5, 5.41) is 11.6. The number of hydrogen-bond acceptors (Lipinski definition) is 10. The van der Waals surface area contributed by atoms with Gasteiger partial charge >= 0.3 is 0 Å². The standard InChI is InChI=1S/C33H32ClN9O3S/c1-5-28(44)41-11-13-42(14-12-41)31-25(43-19-20(2)16-37-43)15-22(17-35-31)24-9-10-26(46-4)30(38-24)40-33-36-18-27(47-33)32(45)39-29-21(3)7-6-8-23(29)34/h5-10,15-19H,1,11-14H2,2-4H3,(H,39,45)(H,36,38,40). The van der Waals surface area contributed by atoms with Gasteiger partial charge in [-0.1, -0.05) is 41.6 Å². The first-order valence-electron chi connectivity index (χ1n) is 14.8. The molecule has 240 valence electrons. The number of ether oxygens (including phenoxy) is 1. The topological polar surface area (TPSA) is 130 Å². The summed E-state index contributed by atoms with van der Waals surface area (Å²) in [4.78, 5) is 43.6. The summed E-state index contributed by atoms with van der Waals surface area (Å²) in [5.41, 5.74) is 4.62. The van der Waals surface area contributed by atoms with Crippen molar-refractivity contribution in [1.82, 2.24) is 29.6 Å². The van der Waals surface area contributed by atoms with Crippen LogP contribution < -0.4 is 20.3 Å². The molecule has 5 aromatic rings. The van der Waals surface area contributed by atoms with Crippen LogP contribution in [0, 0.1) is 13.8 Å². The van der Waals surface area contributed by atoms with E-state index in [0.29, 0.717) is 64.2 Å². The summed E-state index contributed by atoms with van der Waals surface area (Å²) in [6.45, 7) is 9.85. The number of benzene rings is 1. The van der Waals surface area contributed by atoms with Crippen LogP contribution in [0.5, 0.6) is 5.75 Å². The number of aryl methyl sites for hydroxylation is 2. The molecule has 0 bridgehead atoms. The first-order chi connectivity index (χ1) is 22.7. The number of carbonyl (C=O) groups is 2. The predicted molar refractivity (Wildman–Crippen MR) is 184 cm³/mol. The van der Waals surface area contributed by atoms with Crippen molar-refractivity contribution in [3.8, 4) is 22.7 Å². The largest absolute Gasteiger partial charge is 0.493 e. The first-order valence-corrected chi connectivity index (χ1v) is 16.0. The van der Waals surface area contributed by atoms with Crippen LogP contribution in [-0.2, 0) is 4.79 Å². The summed E-state index contributed by atoms with van der Waals surface area (Å²) in [6, 6.07) is 11.1. The van der Waals surface area contributed by atoms with E-state index < -0.39 is 0 Å². The number of methoxy groups -OCH3 is 1. The van der Waals surface area contributed by atoms with Gasteiger partial charge in [0.2, 0.25) is 5.91 Å². The molecule has 14 heteroatoms. The Morgan fingerprint density at radius 1 is 1.06 bits per heavy atom. The van der Waals surface area contributed by atoms with Gasteiger partial charge in [-0.3, -0.25) is 9.59 Å². The maximum absolute atomic E-state index is 13.0. The van der Waals surface area contributed by atoms with E-state index in [-0.39, 0.29) is 11.8 Å². The van der Waals surface area contributed by atoms with Crippen molar-refractivity contribution in [2.75, 3.05) is 48.8 Å². The molecule has 12 nitrogen and oxygen atoms in total. The van der Waals surface area contributed by atoms with E-state index in [1.54, 1.807) is 35.2 Å². The maximum Gasteiger partial charge on any atom is 0.267 e. The smallest absolute Gasteiger partial charge is 0.267 e. The fourth-order valence-electron chi connectivity index (χ4n) is 5.18. The Morgan fingerprint density at radius 3 is 2.57 bits per heavy atom. The summed E-state index contributed by atoms with van der Waals surface area (Å²) in [7, 11) is 1.56. The number of thiazole rings is 1. The van der Waals surface area contributed by atoms with Gasteiger partial charge in [-0.25, -0.2) is 19.6 Å². The van der Waals surface area contributed by atoms with E-state index in [2.05, 4.69) is 32.2 Å². The molecule has 47 heavy (non-hydrogen) atoms. The first kappa shape index (κ1) is 31.7. The highest BCUT2D eigenvalue weighted by Crippen LogP contribution is 2.34. The second-order valence-corrected chi connectivity index (χ2v) is 12.3. The molecule has 2 N–H and O–H groups in total. The molecule has 1 aliphatic rings. The van der Waals surface area contributed by atoms with Crippen LogP contribution in [0.4, 0.5) is 22.5 Å². The van der Waals surface area contributed by atoms with Crippen molar-refractivity contribution in [1.29, 1.82) is 0 Å². The predicted octanol–water partition coefficient (Wildman–Crippen LogP) is 5.90. The number of piperazine rings is 1. The summed E-state index contributed by atoms with van der Waals surface area (Å²) in [5.74, 6) is 1.30. The van der Waals surface area contributed by atoms with Gasteiger partial charge in [0.25, 0.3) is 5.91 Å². The van der Waals surface area contributed by atoms with E-state index in [0.717, 1.165) is 28.2 Å². The van der Waals surface area contributed by atoms with Crippen molar-refractivity contribution in [2.45, 2.75) is 13.8 Å². The number of carbonyl (C=O) groups excluding carboxylic acids is 2. The molecule has 0 unspecified atom stereocenters. The number of pyridine rings is 2. The average Bonchev–Trinajstić information content (AvgIpc) is 3.75. The van der Waals surface area contributed by atoms with Crippen LogP contribution in [0.15, 0.2) is 73.8 Å². The molecule has 1 saturated heterocycles. The second-order valence-electron chi connectivity index (χ2n) is 10.8. The van der Waals surface area contributed by atoms with E-state index in [4.69, 9.17) is 26.3 Å². The van der Waals surface area contributed by atoms with E-state index in [1.165, 1.54) is 23.6 Å². The van der Waals surface area contributed by atoms with Crippen LogP contribution in [0.2, 0.25) is 5.02 Å². The number of hydrogen-bond donors (Lipinski definition) is 2. The lowest BCUT2D eigenvalue weighted by molar-refractivity contribution is -0.126. The third-order valence-electron chi connectivity index (χ3n) is 7.66. The molecule has 4 aromatic heterocycles.